The van der Waals surface area contributed by atoms with E-state index >= 15 is 0 Å². The van der Waals surface area contributed by atoms with Crippen LogP contribution in [0.3, 0.4) is 0 Å². The van der Waals surface area contributed by atoms with Crippen molar-refractivity contribution >= 4 is 33.3 Å². The van der Waals surface area contributed by atoms with Gasteiger partial charge in [-0.25, -0.2) is 0 Å². The third-order valence-electron chi connectivity index (χ3n) is 0. The van der Waals surface area contributed by atoms with Crippen LogP contribution in [0.1, 0.15) is 6.92 Å². The van der Waals surface area contributed by atoms with Crippen molar-refractivity contribution in [3.8, 4) is 0 Å². The van der Waals surface area contributed by atoms with E-state index in [1.807, 2.05) is 0 Å². The maximum absolute atomic E-state index is 9.00. The van der Waals surface area contributed by atoms with Crippen LogP contribution in [0.25, 0.3) is 0 Å². The fraction of sp³-hybridized carbons (Fsp3) is 0.500. The summed E-state index contributed by atoms with van der Waals surface area (Å²) in [6.45, 7) is 1.08. The molecule has 0 bridgehead atoms. The van der Waals surface area contributed by atoms with E-state index in [2.05, 4.69) is 0 Å². The molecule has 0 fully saturated rings. The summed E-state index contributed by atoms with van der Waals surface area (Å²) in [5.74, 6) is -0.833. The Kier molecular flexibility index (Phi) is 136. The molecule has 0 atom stereocenters. The van der Waals surface area contributed by atoms with Crippen LogP contribution in [0.15, 0.2) is 0 Å². The molecule has 0 aliphatic heterocycles. The van der Waals surface area contributed by atoms with E-state index < -0.39 is 5.97 Å². The molecule has 0 unspecified atom stereocenters. The van der Waals surface area contributed by atoms with E-state index in [4.69, 9.17) is 9.90 Å². The Labute approximate surface area is 66.8 Å². The minimum Gasteiger partial charge on any atom is -0.481 e. The van der Waals surface area contributed by atoms with Crippen molar-refractivity contribution in [2.24, 2.45) is 0 Å². The van der Waals surface area contributed by atoms with Gasteiger partial charge in [-0.3, -0.25) is 4.79 Å². The van der Waals surface area contributed by atoms with Gasteiger partial charge in [0, 0.05) is 6.92 Å². The van der Waals surface area contributed by atoms with Crippen LogP contribution in [0.5, 0.6) is 0 Å². The molecule has 8 heavy (non-hydrogen) atoms. The molecule has 0 saturated heterocycles. The molecule has 7 N–H and O–H groups in total. The summed E-state index contributed by atoms with van der Waals surface area (Å²) in [5.41, 5.74) is 0. The van der Waals surface area contributed by atoms with Gasteiger partial charge in [-0.2, -0.15) is 0 Å². The van der Waals surface area contributed by atoms with E-state index in [1.165, 1.54) is 0 Å². The summed E-state index contributed by atoms with van der Waals surface area (Å²) in [4.78, 5) is 9.00. The summed E-state index contributed by atoms with van der Waals surface area (Å²) < 4.78 is 0. The first-order chi connectivity index (χ1) is 1.73. The normalized spacial score (nSPS) is 3.12. The molecular formula is C2H10O5Pb+2. The predicted octanol–water partition coefficient (Wildman–Crippen LogP) is -2.76. The van der Waals surface area contributed by atoms with E-state index in [0.29, 0.717) is 0 Å². The molecule has 0 heterocycles. The Morgan fingerprint density at radius 2 is 1.25 bits per heavy atom. The first-order valence-electron chi connectivity index (χ1n) is 0.928. The summed E-state index contributed by atoms with van der Waals surface area (Å²) in [7, 11) is 0. The van der Waals surface area contributed by atoms with Gasteiger partial charge in [0.2, 0.25) is 0 Å². The van der Waals surface area contributed by atoms with Crippen molar-refractivity contribution in [1.82, 2.24) is 0 Å². The van der Waals surface area contributed by atoms with Crippen molar-refractivity contribution in [2.75, 3.05) is 0 Å². The molecule has 50 valence electrons. The topological polar surface area (TPSA) is 132 Å². The summed E-state index contributed by atoms with van der Waals surface area (Å²) in [6, 6.07) is 0. The number of hydrogen-bond acceptors (Lipinski definition) is 1. The Balaban J connectivity index is -0.00000000750. The third kappa shape index (κ3) is 2350. The fourth-order valence-electron chi connectivity index (χ4n) is 0. The van der Waals surface area contributed by atoms with E-state index in [9.17, 15) is 0 Å². The molecular weight excluding hydrogens is 311 g/mol. The van der Waals surface area contributed by atoms with Crippen LogP contribution in [0.2, 0.25) is 0 Å². The summed E-state index contributed by atoms with van der Waals surface area (Å²) in [6.07, 6.45) is 0. The minimum absolute atomic E-state index is 0. The average molecular weight is 321 g/mol. The fourth-order valence-corrected chi connectivity index (χ4v) is 0. The van der Waals surface area contributed by atoms with Crippen molar-refractivity contribution in [3.63, 3.8) is 0 Å². The number of rotatable bonds is 0. The molecule has 6 heteroatoms. The Morgan fingerprint density at radius 1 is 1.25 bits per heavy atom. The number of carboxylic acids is 1. The Hall–Kier alpha value is 0.272. The molecule has 0 aliphatic rings. The molecule has 5 nitrogen and oxygen atoms in total. The van der Waals surface area contributed by atoms with Crippen LogP contribution in [0.4, 0.5) is 0 Å². The predicted molar refractivity (Wildman–Crippen MR) is 29.9 cm³/mol. The van der Waals surface area contributed by atoms with Gasteiger partial charge < -0.3 is 21.5 Å². The van der Waals surface area contributed by atoms with Crippen molar-refractivity contribution in [2.45, 2.75) is 6.92 Å². The molecule has 0 aromatic rings. The zero-order valence-corrected chi connectivity index (χ0v) is 8.24. The van der Waals surface area contributed by atoms with Gasteiger partial charge in [-0.05, 0) is 0 Å². The molecule has 0 aromatic heterocycles. The van der Waals surface area contributed by atoms with Crippen LogP contribution in [-0.4, -0.2) is 54.8 Å². The van der Waals surface area contributed by atoms with E-state index in [-0.39, 0.29) is 43.7 Å². The van der Waals surface area contributed by atoms with Gasteiger partial charge in [0.15, 0.2) is 0 Å². The van der Waals surface area contributed by atoms with Gasteiger partial charge in [-0.15, -0.1) is 0 Å². The minimum atomic E-state index is -0.833. The Morgan fingerprint density at radius 3 is 1.25 bits per heavy atom. The average Bonchev–Trinajstić information content (AvgIpc) is 0.811. The first kappa shape index (κ1) is 40.9. The van der Waals surface area contributed by atoms with E-state index in [1.54, 1.807) is 0 Å². The van der Waals surface area contributed by atoms with Gasteiger partial charge in [0.25, 0.3) is 5.97 Å². The van der Waals surface area contributed by atoms with Crippen molar-refractivity contribution in [3.05, 3.63) is 0 Å². The quantitative estimate of drug-likeness (QED) is 0.484. The number of aliphatic carboxylic acids is 1. The van der Waals surface area contributed by atoms with Crippen LogP contribution in [0, 0.1) is 0 Å². The SMILES string of the molecule is CC(=O)O.O.O.O.[Pb+2]. The maximum Gasteiger partial charge on any atom is 2.00 e. The third-order valence-corrected chi connectivity index (χ3v) is 0. The number of carbonyl (C=O) groups is 1. The largest absolute Gasteiger partial charge is 2.00 e. The van der Waals surface area contributed by atoms with E-state index in [0.717, 1.165) is 6.92 Å². The van der Waals surface area contributed by atoms with Crippen LogP contribution >= 0.6 is 0 Å². The number of hydrogen-bond donors (Lipinski definition) is 1. The molecule has 2 radical (unpaired) electrons. The standard InChI is InChI=1S/C2H4O2.3H2O.Pb/c1-2(3)4;;;;/h1H3,(H,3,4);3*1H2;/q;;;;+2. The first-order valence-corrected chi connectivity index (χ1v) is 0.928. The van der Waals surface area contributed by atoms with Crippen molar-refractivity contribution in [1.29, 1.82) is 0 Å². The zero-order valence-electron chi connectivity index (χ0n) is 4.36. The smallest absolute Gasteiger partial charge is 0.481 e. The van der Waals surface area contributed by atoms with Crippen molar-refractivity contribution < 1.29 is 26.3 Å². The molecule has 0 aromatic carbocycles. The molecule has 0 saturated carbocycles. The molecule has 0 amide bonds. The molecule has 0 spiro atoms. The second kappa shape index (κ2) is 26.7. The monoisotopic (exact) mass is 322 g/mol. The Bertz CT molecular complexity index is 33.4. The van der Waals surface area contributed by atoms with Gasteiger partial charge >= 0.3 is 27.3 Å². The summed E-state index contributed by atoms with van der Waals surface area (Å²) >= 11 is 0. The van der Waals surface area contributed by atoms with Crippen LogP contribution < -0.4 is 0 Å². The maximum atomic E-state index is 9.00. The van der Waals surface area contributed by atoms with Gasteiger partial charge in [0.1, 0.15) is 0 Å². The number of carboxylic acid groups (broad SMARTS) is 1. The van der Waals surface area contributed by atoms with Gasteiger partial charge in [0.05, 0.1) is 0 Å². The molecule has 0 aliphatic carbocycles. The second-order valence-corrected chi connectivity index (χ2v) is 0.519. The molecule has 0 rings (SSSR count). The van der Waals surface area contributed by atoms with Crippen LogP contribution in [-0.2, 0) is 4.79 Å². The second-order valence-electron chi connectivity index (χ2n) is 0.519. The van der Waals surface area contributed by atoms with Gasteiger partial charge in [-0.1, -0.05) is 0 Å². The summed E-state index contributed by atoms with van der Waals surface area (Å²) in [5, 5.41) is 7.42. The zero-order chi connectivity index (χ0) is 3.58.